The van der Waals surface area contributed by atoms with Crippen LogP contribution < -0.4 is 10.1 Å². The second-order valence-electron chi connectivity index (χ2n) is 8.22. The minimum atomic E-state index is -0.444. The Bertz CT molecular complexity index is 1450. The number of methoxy groups -OCH3 is 1. The van der Waals surface area contributed by atoms with Crippen molar-refractivity contribution in [3.8, 4) is 11.4 Å². The van der Waals surface area contributed by atoms with Crippen molar-refractivity contribution in [2.75, 3.05) is 7.11 Å². The fourth-order valence-corrected chi connectivity index (χ4v) is 4.15. The number of nitrogens with zero attached hydrogens (tertiary/aromatic N) is 3. The number of ether oxygens (including phenoxy) is 1. The van der Waals surface area contributed by atoms with Crippen LogP contribution in [0.25, 0.3) is 5.69 Å². The monoisotopic (exact) mass is 484 g/mol. The van der Waals surface area contributed by atoms with Gasteiger partial charge in [0.1, 0.15) is 11.6 Å². The van der Waals surface area contributed by atoms with Crippen LogP contribution in [0.1, 0.15) is 42.2 Å². The third-order valence-electron chi connectivity index (χ3n) is 5.98. The Balaban J connectivity index is 1.31. The molecule has 3 aromatic carbocycles. The van der Waals surface area contributed by atoms with E-state index in [4.69, 9.17) is 4.74 Å². The predicted molar refractivity (Wildman–Crippen MR) is 128 cm³/mol. The number of benzene rings is 3. The summed E-state index contributed by atoms with van der Waals surface area (Å²) >= 11 is 0. The molecular formula is C27H21FN4O4. The van der Waals surface area contributed by atoms with Crippen molar-refractivity contribution in [2.24, 2.45) is 0 Å². The molecule has 1 aromatic heterocycles. The van der Waals surface area contributed by atoms with Crippen LogP contribution in [-0.2, 0) is 13.1 Å². The van der Waals surface area contributed by atoms with Crippen molar-refractivity contribution in [3.63, 3.8) is 0 Å². The number of fused-ring (bicyclic) bond motifs is 1. The Hall–Kier alpha value is -4.79. The summed E-state index contributed by atoms with van der Waals surface area (Å²) in [5, 5.41) is 2.77. The fourth-order valence-electron chi connectivity index (χ4n) is 4.15. The van der Waals surface area contributed by atoms with E-state index in [9.17, 15) is 18.8 Å². The molecule has 0 unspecified atom stereocenters. The maximum absolute atomic E-state index is 14.5. The first-order chi connectivity index (χ1) is 17.5. The van der Waals surface area contributed by atoms with Gasteiger partial charge in [-0.3, -0.25) is 19.3 Å². The van der Waals surface area contributed by atoms with E-state index in [-0.39, 0.29) is 30.5 Å². The number of rotatable bonds is 7. The van der Waals surface area contributed by atoms with Crippen LogP contribution in [-0.4, -0.2) is 39.3 Å². The van der Waals surface area contributed by atoms with E-state index in [0.29, 0.717) is 33.7 Å². The van der Waals surface area contributed by atoms with Gasteiger partial charge < -0.3 is 14.6 Å². The summed E-state index contributed by atoms with van der Waals surface area (Å²) in [5.41, 5.74) is 2.48. The molecule has 8 nitrogen and oxygen atoms in total. The van der Waals surface area contributed by atoms with Crippen LogP contribution in [0.5, 0.6) is 5.75 Å². The van der Waals surface area contributed by atoms with Crippen molar-refractivity contribution >= 4 is 17.7 Å². The lowest BCUT2D eigenvalue weighted by Gasteiger charge is -2.16. The second kappa shape index (κ2) is 9.46. The van der Waals surface area contributed by atoms with E-state index in [1.54, 1.807) is 71.6 Å². The summed E-state index contributed by atoms with van der Waals surface area (Å²) in [5.74, 6) is -1.30. The Morgan fingerprint density at radius 3 is 2.36 bits per heavy atom. The average molecular weight is 484 g/mol. The summed E-state index contributed by atoms with van der Waals surface area (Å²) < 4.78 is 21.4. The SMILES string of the molecule is COc1ccc(CN2C(=O)c3ccccc3C2=O)cc1C(=O)NCc1ccc(-n2ccnc2)c(F)c1. The molecule has 1 aliphatic heterocycles. The quantitative estimate of drug-likeness (QED) is 0.404. The van der Waals surface area contributed by atoms with E-state index in [2.05, 4.69) is 10.3 Å². The van der Waals surface area contributed by atoms with Crippen molar-refractivity contribution in [1.82, 2.24) is 19.8 Å². The van der Waals surface area contributed by atoms with Crippen LogP contribution in [0, 0.1) is 5.82 Å². The Kier molecular flexibility index (Phi) is 6.03. The first-order valence-corrected chi connectivity index (χ1v) is 11.1. The molecule has 5 rings (SSSR count). The molecule has 1 aliphatic rings. The van der Waals surface area contributed by atoms with Crippen LogP contribution in [0.2, 0.25) is 0 Å². The zero-order valence-corrected chi connectivity index (χ0v) is 19.3. The highest BCUT2D eigenvalue weighted by Gasteiger charge is 2.35. The maximum Gasteiger partial charge on any atom is 0.261 e. The zero-order valence-electron chi connectivity index (χ0n) is 19.3. The first-order valence-electron chi connectivity index (χ1n) is 11.1. The van der Waals surface area contributed by atoms with Crippen LogP contribution >= 0.6 is 0 Å². The molecule has 0 saturated carbocycles. The van der Waals surface area contributed by atoms with Gasteiger partial charge >= 0.3 is 0 Å². The van der Waals surface area contributed by atoms with E-state index in [0.717, 1.165) is 4.90 Å². The van der Waals surface area contributed by atoms with Gasteiger partial charge in [-0.2, -0.15) is 0 Å². The molecule has 180 valence electrons. The number of carbonyl (C=O) groups is 3. The van der Waals surface area contributed by atoms with Crippen molar-refractivity contribution in [1.29, 1.82) is 0 Å². The molecular weight excluding hydrogens is 463 g/mol. The molecule has 3 amide bonds. The number of amides is 3. The molecule has 0 atom stereocenters. The minimum absolute atomic E-state index is 0.0115. The molecule has 0 saturated heterocycles. The summed E-state index contributed by atoms with van der Waals surface area (Å²) in [4.78, 5) is 43.5. The number of aromatic nitrogens is 2. The number of nitrogens with one attached hydrogen (secondary N) is 1. The maximum atomic E-state index is 14.5. The van der Waals surface area contributed by atoms with E-state index < -0.39 is 11.7 Å². The molecule has 2 heterocycles. The Labute approximate surface area is 205 Å². The molecule has 0 bridgehead atoms. The first kappa shape index (κ1) is 23.0. The predicted octanol–water partition coefficient (Wildman–Crippen LogP) is 3.75. The van der Waals surface area contributed by atoms with Gasteiger partial charge in [-0.25, -0.2) is 9.37 Å². The summed E-state index contributed by atoms with van der Waals surface area (Å²) in [6.45, 7) is 0.100. The molecule has 0 aliphatic carbocycles. The van der Waals surface area contributed by atoms with Crippen molar-refractivity contribution in [2.45, 2.75) is 13.1 Å². The van der Waals surface area contributed by atoms with Gasteiger partial charge in [-0.15, -0.1) is 0 Å². The standard InChI is InChI=1S/C27H21FN4O4/c1-36-24-9-7-18(15-32-26(34)19-4-2-3-5-20(19)27(32)35)12-21(24)25(33)30-14-17-6-8-23(22(28)13-17)31-11-10-29-16-31/h2-13,16H,14-15H2,1H3,(H,30,33). The Morgan fingerprint density at radius 2 is 1.72 bits per heavy atom. The van der Waals surface area contributed by atoms with Crippen LogP contribution in [0.4, 0.5) is 4.39 Å². The minimum Gasteiger partial charge on any atom is -0.496 e. The smallest absolute Gasteiger partial charge is 0.261 e. The van der Waals surface area contributed by atoms with Gasteiger partial charge in [-0.05, 0) is 47.5 Å². The summed E-state index contributed by atoms with van der Waals surface area (Å²) in [6, 6.07) is 16.2. The number of imidazole rings is 1. The normalized spacial score (nSPS) is 12.6. The third kappa shape index (κ3) is 4.22. The van der Waals surface area contributed by atoms with Gasteiger partial charge in [-0.1, -0.05) is 24.3 Å². The largest absolute Gasteiger partial charge is 0.496 e. The molecule has 36 heavy (non-hydrogen) atoms. The van der Waals surface area contributed by atoms with Gasteiger partial charge in [0, 0.05) is 18.9 Å². The second-order valence-corrected chi connectivity index (χ2v) is 8.22. The van der Waals surface area contributed by atoms with E-state index in [1.165, 1.54) is 19.5 Å². The zero-order chi connectivity index (χ0) is 25.2. The fraction of sp³-hybridized carbons (Fsp3) is 0.111. The number of imide groups is 1. The molecule has 4 aromatic rings. The topological polar surface area (TPSA) is 93.5 Å². The number of halogens is 1. The number of hydrogen-bond acceptors (Lipinski definition) is 5. The molecule has 0 fully saturated rings. The van der Waals surface area contributed by atoms with Crippen molar-refractivity contribution < 1.29 is 23.5 Å². The lowest BCUT2D eigenvalue weighted by atomic mass is 10.1. The van der Waals surface area contributed by atoms with Gasteiger partial charge in [0.2, 0.25) is 0 Å². The highest BCUT2D eigenvalue weighted by molar-refractivity contribution is 6.21. The summed E-state index contributed by atoms with van der Waals surface area (Å²) in [6.07, 6.45) is 4.70. The highest BCUT2D eigenvalue weighted by atomic mass is 19.1. The Morgan fingerprint density at radius 1 is 1.00 bits per heavy atom. The van der Waals surface area contributed by atoms with Gasteiger partial charge in [0.25, 0.3) is 17.7 Å². The molecule has 0 spiro atoms. The highest BCUT2D eigenvalue weighted by Crippen LogP contribution is 2.26. The van der Waals surface area contributed by atoms with Crippen molar-refractivity contribution in [3.05, 3.63) is 113 Å². The van der Waals surface area contributed by atoms with Gasteiger partial charge in [0.15, 0.2) is 0 Å². The number of carbonyl (C=O) groups excluding carboxylic acids is 3. The molecule has 9 heteroatoms. The average Bonchev–Trinajstić information content (AvgIpc) is 3.51. The lowest BCUT2D eigenvalue weighted by molar-refractivity contribution is 0.0642. The lowest BCUT2D eigenvalue weighted by Crippen LogP contribution is -2.29. The third-order valence-corrected chi connectivity index (χ3v) is 5.98. The number of hydrogen-bond donors (Lipinski definition) is 1. The molecule has 1 N–H and O–H groups in total. The molecule has 0 radical (unpaired) electrons. The van der Waals surface area contributed by atoms with Crippen LogP contribution in [0.3, 0.4) is 0 Å². The van der Waals surface area contributed by atoms with Crippen LogP contribution in [0.15, 0.2) is 79.4 Å². The summed E-state index contributed by atoms with van der Waals surface area (Å²) in [7, 11) is 1.44. The van der Waals surface area contributed by atoms with E-state index >= 15 is 0 Å². The van der Waals surface area contributed by atoms with Gasteiger partial charge in [0.05, 0.1) is 42.4 Å². The van der Waals surface area contributed by atoms with E-state index in [1.807, 2.05) is 0 Å².